The van der Waals surface area contributed by atoms with Crippen molar-refractivity contribution < 1.29 is 9.47 Å². The maximum absolute atomic E-state index is 5.74. The predicted molar refractivity (Wildman–Crippen MR) is 86.0 cm³/mol. The van der Waals surface area contributed by atoms with Gasteiger partial charge in [0.25, 0.3) is 0 Å². The Bertz CT molecular complexity index is 188. The van der Waals surface area contributed by atoms with Gasteiger partial charge in [0.05, 0.1) is 0 Å². The third-order valence-electron chi connectivity index (χ3n) is 4.19. The van der Waals surface area contributed by atoms with Crippen LogP contribution in [0.25, 0.3) is 0 Å². The highest BCUT2D eigenvalue weighted by Gasteiger charge is 2.13. The number of ether oxygens (including phenoxy) is 2. The Hall–Kier alpha value is -0.0800. The van der Waals surface area contributed by atoms with Crippen molar-refractivity contribution in [3.8, 4) is 0 Å². The van der Waals surface area contributed by atoms with Gasteiger partial charge in [0.1, 0.15) is 0 Å². The zero-order valence-electron chi connectivity index (χ0n) is 13.7. The maximum Gasteiger partial charge on any atom is 0.157 e. The van der Waals surface area contributed by atoms with E-state index in [-0.39, 0.29) is 6.29 Å². The molecule has 1 atom stereocenters. The molecule has 0 bridgehead atoms. The summed E-state index contributed by atoms with van der Waals surface area (Å²) in [5.74, 6) is 0. The van der Waals surface area contributed by atoms with Gasteiger partial charge in [-0.2, -0.15) is 0 Å². The monoisotopic (exact) mass is 284 g/mol. The minimum Gasteiger partial charge on any atom is -0.353 e. The quantitative estimate of drug-likeness (QED) is 0.395. The summed E-state index contributed by atoms with van der Waals surface area (Å²) in [4.78, 5) is 0. The normalized spacial score (nSPS) is 19.4. The molecular weight excluding hydrogens is 248 g/mol. The summed E-state index contributed by atoms with van der Waals surface area (Å²) >= 11 is 0. The Labute approximate surface area is 126 Å². The number of rotatable bonds is 13. The van der Waals surface area contributed by atoms with Crippen LogP contribution in [0.15, 0.2) is 0 Å². The molecule has 0 radical (unpaired) electrons. The molecule has 1 fully saturated rings. The van der Waals surface area contributed by atoms with Crippen LogP contribution in [-0.4, -0.2) is 19.5 Å². The lowest BCUT2D eigenvalue weighted by atomic mass is 10.1. The van der Waals surface area contributed by atoms with Gasteiger partial charge < -0.3 is 9.47 Å². The van der Waals surface area contributed by atoms with E-state index in [1.165, 1.54) is 83.5 Å². The van der Waals surface area contributed by atoms with Crippen LogP contribution in [0.2, 0.25) is 0 Å². The second-order valence-electron chi connectivity index (χ2n) is 6.20. The molecule has 1 rings (SSSR count). The second kappa shape index (κ2) is 13.9. The fourth-order valence-electron chi connectivity index (χ4n) is 2.82. The minimum atomic E-state index is 0.104. The Morgan fingerprint density at radius 1 is 0.800 bits per heavy atom. The molecule has 1 aliphatic heterocycles. The first kappa shape index (κ1) is 18.0. The minimum absolute atomic E-state index is 0.104. The van der Waals surface area contributed by atoms with E-state index in [1.807, 2.05) is 0 Å². The van der Waals surface area contributed by atoms with Crippen molar-refractivity contribution in [3.63, 3.8) is 0 Å². The molecule has 0 aromatic heterocycles. The smallest absolute Gasteiger partial charge is 0.157 e. The van der Waals surface area contributed by atoms with Crippen LogP contribution in [0.4, 0.5) is 0 Å². The average molecular weight is 284 g/mol. The van der Waals surface area contributed by atoms with Crippen LogP contribution in [-0.2, 0) is 9.47 Å². The van der Waals surface area contributed by atoms with E-state index in [0.29, 0.717) is 0 Å². The van der Waals surface area contributed by atoms with Crippen molar-refractivity contribution in [1.29, 1.82) is 0 Å². The molecule has 1 heterocycles. The predicted octanol–water partition coefficient (Wildman–Crippen LogP) is 5.84. The van der Waals surface area contributed by atoms with Gasteiger partial charge in [-0.1, -0.05) is 71.1 Å². The Kier molecular flexibility index (Phi) is 12.5. The van der Waals surface area contributed by atoms with Crippen LogP contribution < -0.4 is 0 Å². The standard InChI is InChI=1S/C18H36O2/c1-2-3-4-5-6-7-8-9-10-11-13-16-19-18-15-12-14-17-20-18/h18H,2-17H2,1H3. The van der Waals surface area contributed by atoms with E-state index < -0.39 is 0 Å². The van der Waals surface area contributed by atoms with Crippen LogP contribution in [0.3, 0.4) is 0 Å². The second-order valence-corrected chi connectivity index (χ2v) is 6.20. The van der Waals surface area contributed by atoms with Gasteiger partial charge in [0, 0.05) is 13.2 Å². The van der Waals surface area contributed by atoms with Gasteiger partial charge in [-0.25, -0.2) is 0 Å². The Morgan fingerprint density at radius 2 is 1.40 bits per heavy atom. The van der Waals surface area contributed by atoms with Crippen LogP contribution >= 0.6 is 0 Å². The van der Waals surface area contributed by atoms with Gasteiger partial charge >= 0.3 is 0 Å². The largest absolute Gasteiger partial charge is 0.353 e. The number of hydrogen-bond acceptors (Lipinski definition) is 2. The molecule has 0 aromatic rings. The lowest BCUT2D eigenvalue weighted by Gasteiger charge is -2.22. The third-order valence-corrected chi connectivity index (χ3v) is 4.19. The Balaban J connectivity index is 1.70. The molecule has 0 aromatic carbocycles. The van der Waals surface area contributed by atoms with Crippen LogP contribution in [0, 0.1) is 0 Å². The Morgan fingerprint density at radius 3 is 1.95 bits per heavy atom. The molecular formula is C18H36O2. The molecule has 0 aliphatic carbocycles. The van der Waals surface area contributed by atoms with Gasteiger partial charge in [-0.3, -0.25) is 0 Å². The summed E-state index contributed by atoms with van der Waals surface area (Å²) in [6.45, 7) is 4.06. The topological polar surface area (TPSA) is 18.5 Å². The van der Waals surface area contributed by atoms with Crippen LogP contribution in [0.5, 0.6) is 0 Å². The molecule has 0 N–H and O–H groups in total. The molecule has 0 saturated carbocycles. The zero-order valence-corrected chi connectivity index (χ0v) is 13.7. The van der Waals surface area contributed by atoms with Gasteiger partial charge in [-0.15, -0.1) is 0 Å². The van der Waals surface area contributed by atoms with E-state index in [2.05, 4.69) is 6.92 Å². The van der Waals surface area contributed by atoms with Gasteiger partial charge in [0.2, 0.25) is 0 Å². The first-order valence-electron chi connectivity index (χ1n) is 9.16. The van der Waals surface area contributed by atoms with E-state index >= 15 is 0 Å². The van der Waals surface area contributed by atoms with Crippen molar-refractivity contribution in [2.75, 3.05) is 13.2 Å². The summed E-state index contributed by atoms with van der Waals surface area (Å²) in [5, 5.41) is 0. The molecule has 0 spiro atoms. The average Bonchev–Trinajstić information content (AvgIpc) is 2.49. The van der Waals surface area contributed by atoms with Crippen molar-refractivity contribution in [1.82, 2.24) is 0 Å². The van der Waals surface area contributed by atoms with Crippen molar-refractivity contribution in [2.24, 2.45) is 0 Å². The van der Waals surface area contributed by atoms with Crippen molar-refractivity contribution in [3.05, 3.63) is 0 Å². The first-order valence-corrected chi connectivity index (χ1v) is 9.16. The van der Waals surface area contributed by atoms with Gasteiger partial charge in [-0.05, 0) is 25.7 Å². The van der Waals surface area contributed by atoms with E-state index in [1.54, 1.807) is 0 Å². The fraction of sp³-hybridized carbons (Fsp3) is 1.00. The molecule has 2 heteroatoms. The van der Waals surface area contributed by atoms with E-state index in [9.17, 15) is 0 Å². The molecule has 1 unspecified atom stereocenters. The molecule has 1 saturated heterocycles. The highest BCUT2D eigenvalue weighted by molar-refractivity contribution is 4.54. The maximum atomic E-state index is 5.74. The summed E-state index contributed by atoms with van der Waals surface area (Å²) in [7, 11) is 0. The van der Waals surface area contributed by atoms with E-state index in [0.717, 1.165) is 19.6 Å². The first-order chi connectivity index (χ1) is 9.93. The number of hydrogen-bond donors (Lipinski definition) is 0. The molecule has 1 aliphatic rings. The highest BCUT2D eigenvalue weighted by Crippen LogP contribution is 2.15. The molecule has 120 valence electrons. The van der Waals surface area contributed by atoms with Crippen LogP contribution in [0.1, 0.15) is 96.8 Å². The molecule has 20 heavy (non-hydrogen) atoms. The van der Waals surface area contributed by atoms with E-state index in [4.69, 9.17) is 9.47 Å². The summed E-state index contributed by atoms with van der Waals surface area (Å²) in [6.07, 6.45) is 19.0. The SMILES string of the molecule is CCCCCCCCCCCCCOC1CCCCO1. The lowest BCUT2D eigenvalue weighted by molar-refractivity contribution is -0.162. The molecule has 0 amide bonds. The zero-order chi connectivity index (χ0) is 14.3. The highest BCUT2D eigenvalue weighted by atomic mass is 16.7. The summed E-state index contributed by atoms with van der Waals surface area (Å²) < 4.78 is 11.3. The molecule has 2 nitrogen and oxygen atoms in total. The van der Waals surface area contributed by atoms with Gasteiger partial charge in [0.15, 0.2) is 6.29 Å². The lowest BCUT2D eigenvalue weighted by Crippen LogP contribution is -2.22. The third kappa shape index (κ3) is 10.7. The fourth-order valence-corrected chi connectivity index (χ4v) is 2.82. The van der Waals surface area contributed by atoms with Crippen molar-refractivity contribution >= 4 is 0 Å². The van der Waals surface area contributed by atoms with Crippen molar-refractivity contribution in [2.45, 2.75) is 103 Å². The summed E-state index contributed by atoms with van der Waals surface area (Å²) in [6, 6.07) is 0. The summed E-state index contributed by atoms with van der Waals surface area (Å²) in [5.41, 5.74) is 0. The number of unbranched alkanes of at least 4 members (excludes halogenated alkanes) is 10.